The number of nitrogens with two attached hydrogens (primary N) is 1. The number of hydrogen-bond acceptors (Lipinski definition) is 4. The highest BCUT2D eigenvalue weighted by Crippen LogP contribution is 2.25. The number of rotatable bonds is 6. The van der Waals surface area contributed by atoms with Crippen molar-refractivity contribution in [1.29, 1.82) is 0 Å². The largest absolute Gasteiger partial charge is 0.394 e. The van der Waals surface area contributed by atoms with E-state index in [4.69, 9.17) is 10.5 Å². The minimum absolute atomic E-state index is 0.306. The molecule has 3 N–H and O–H groups in total. The minimum Gasteiger partial charge on any atom is -0.394 e. The molecule has 0 saturated carbocycles. The first kappa shape index (κ1) is 12.8. The van der Waals surface area contributed by atoms with Crippen LogP contribution in [0.3, 0.4) is 0 Å². The number of anilines is 2. The molecule has 16 heavy (non-hydrogen) atoms. The predicted molar refractivity (Wildman–Crippen MR) is 66.7 cm³/mol. The van der Waals surface area contributed by atoms with Crippen molar-refractivity contribution in [3.8, 4) is 0 Å². The van der Waals surface area contributed by atoms with Crippen LogP contribution in [0.1, 0.15) is 32.0 Å². The number of ether oxygens (including phenoxy) is 1. The Labute approximate surface area is 97.0 Å². The van der Waals surface area contributed by atoms with E-state index in [9.17, 15) is 0 Å². The lowest BCUT2D eigenvalue weighted by Gasteiger charge is -2.13. The molecule has 0 fully saturated rings. The van der Waals surface area contributed by atoms with Gasteiger partial charge in [-0.2, -0.15) is 5.10 Å². The zero-order valence-corrected chi connectivity index (χ0v) is 10.6. The van der Waals surface area contributed by atoms with Crippen LogP contribution in [0.4, 0.5) is 11.5 Å². The number of aromatic nitrogens is 2. The van der Waals surface area contributed by atoms with Crippen molar-refractivity contribution in [2.75, 3.05) is 31.3 Å². The molecule has 0 radical (unpaired) electrons. The molecule has 0 aliphatic rings. The van der Waals surface area contributed by atoms with Crippen LogP contribution in [0.2, 0.25) is 0 Å². The maximum Gasteiger partial charge on any atom is 0.148 e. The second kappa shape index (κ2) is 5.75. The molecule has 5 heteroatoms. The predicted octanol–water partition coefficient (Wildman–Crippen LogP) is 1.80. The van der Waals surface area contributed by atoms with Crippen molar-refractivity contribution < 1.29 is 4.74 Å². The molecule has 0 amide bonds. The number of nitrogen functional groups attached to an aromatic ring is 1. The summed E-state index contributed by atoms with van der Waals surface area (Å²) in [6.07, 6.45) is 0.957. The molecule has 0 spiro atoms. The summed E-state index contributed by atoms with van der Waals surface area (Å²) in [5.74, 6) is 0.920. The fourth-order valence-electron chi connectivity index (χ4n) is 1.53. The van der Waals surface area contributed by atoms with Crippen LogP contribution < -0.4 is 11.1 Å². The molecule has 1 rings (SSSR count). The zero-order chi connectivity index (χ0) is 12.1. The van der Waals surface area contributed by atoms with Gasteiger partial charge in [-0.15, -0.1) is 0 Å². The summed E-state index contributed by atoms with van der Waals surface area (Å²) in [5, 5.41) is 7.72. The maximum absolute atomic E-state index is 5.98. The second-order valence-corrected chi connectivity index (χ2v) is 4.16. The van der Waals surface area contributed by atoms with Gasteiger partial charge in [-0.25, -0.2) is 4.68 Å². The van der Waals surface area contributed by atoms with Gasteiger partial charge in [0, 0.05) is 26.3 Å². The highest BCUT2D eigenvalue weighted by Gasteiger charge is 2.13. The fourth-order valence-corrected chi connectivity index (χ4v) is 1.53. The first-order chi connectivity index (χ1) is 7.57. The third kappa shape index (κ3) is 2.88. The number of nitrogens with zero attached hydrogens (tertiary/aromatic N) is 2. The van der Waals surface area contributed by atoms with Gasteiger partial charge >= 0.3 is 0 Å². The summed E-state index contributed by atoms with van der Waals surface area (Å²) in [6.45, 7) is 7.70. The quantitative estimate of drug-likeness (QED) is 0.726. The van der Waals surface area contributed by atoms with Gasteiger partial charge in [0.05, 0.1) is 11.4 Å². The van der Waals surface area contributed by atoms with E-state index < -0.39 is 0 Å². The Hall–Kier alpha value is -1.23. The molecule has 0 unspecified atom stereocenters. The highest BCUT2D eigenvalue weighted by atomic mass is 16.5. The normalized spacial score (nSPS) is 11.1. The van der Waals surface area contributed by atoms with Gasteiger partial charge in [-0.1, -0.05) is 0 Å². The van der Waals surface area contributed by atoms with Crippen molar-refractivity contribution in [2.24, 2.45) is 0 Å². The minimum atomic E-state index is 0.306. The Bertz CT molecular complexity index is 333. The standard InChI is InChI=1S/C11H22N4O/c1-8(2)15-11(10(12)9(3)14-15)13-6-5-7-16-4/h8,13H,5-7,12H2,1-4H3. The van der Waals surface area contributed by atoms with Crippen LogP contribution in [-0.4, -0.2) is 30.0 Å². The summed E-state index contributed by atoms with van der Waals surface area (Å²) >= 11 is 0. The monoisotopic (exact) mass is 226 g/mol. The van der Waals surface area contributed by atoms with Gasteiger partial charge in [0.25, 0.3) is 0 Å². The molecule has 1 aromatic rings. The molecule has 0 aliphatic heterocycles. The lowest BCUT2D eigenvalue weighted by atomic mass is 10.3. The summed E-state index contributed by atoms with van der Waals surface area (Å²) in [4.78, 5) is 0. The molecular weight excluding hydrogens is 204 g/mol. The molecule has 92 valence electrons. The van der Waals surface area contributed by atoms with E-state index in [2.05, 4.69) is 24.3 Å². The summed E-state index contributed by atoms with van der Waals surface area (Å²) in [5.41, 5.74) is 7.60. The van der Waals surface area contributed by atoms with Crippen LogP contribution in [0.25, 0.3) is 0 Å². The SMILES string of the molecule is COCCCNc1c(N)c(C)nn1C(C)C. The summed E-state index contributed by atoms with van der Waals surface area (Å²) in [6, 6.07) is 0.306. The first-order valence-corrected chi connectivity index (χ1v) is 5.65. The third-order valence-electron chi connectivity index (χ3n) is 2.44. The van der Waals surface area contributed by atoms with E-state index in [0.717, 1.165) is 36.8 Å². The third-order valence-corrected chi connectivity index (χ3v) is 2.44. The van der Waals surface area contributed by atoms with Crippen molar-refractivity contribution in [1.82, 2.24) is 9.78 Å². The molecule has 5 nitrogen and oxygen atoms in total. The van der Waals surface area contributed by atoms with Gasteiger partial charge in [0.1, 0.15) is 5.82 Å². The van der Waals surface area contributed by atoms with E-state index in [-0.39, 0.29) is 0 Å². The fraction of sp³-hybridized carbons (Fsp3) is 0.727. The lowest BCUT2D eigenvalue weighted by molar-refractivity contribution is 0.197. The molecule has 0 bridgehead atoms. The smallest absolute Gasteiger partial charge is 0.148 e. The zero-order valence-electron chi connectivity index (χ0n) is 10.6. The molecule has 0 aromatic carbocycles. The number of hydrogen-bond donors (Lipinski definition) is 2. The molecule has 0 saturated heterocycles. The Morgan fingerprint density at radius 2 is 2.19 bits per heavy atom. The summed E-state index contributed by atoms with van der Waals surface area (Å²) in [7, 11) is 1.71. The van der Waals surface area contributed by atoms with Crippen molar-refractivity contribution in [3.05, 3.63) is 5.69 Å². The van der Waals surface area contributed by atoms with E-state index in [1.54, 1.807) is 7.11 Å². The molecule has 0 atom stereocenters. The molecule has 1 heterocycles. The van der Waals surface area contributed by atoms with E-state index in [0.29, 0.717) is 6.04 Å². The van der Waals surface area contributed by atoms with Crippen LogP contribution in [0.5, 0.6) is 0 Å². The van der Waals surface area contributed by atoms with Gasteiger partial charge in [0.15, 0.2) is 0 Å². The Kier molecular flexibility index (Phi) is 4.61. The first-order valence-electron chi connectivity index (χ1n) is 5.65. The van der Waals surface area contributed by atoms with Gasteiger partial charge < -0.3 is 15.8 Å². The van der Waals surface area contributed by atoms with Gasteiger partial charge in [-0.05, 0) is 27.2 Å². The average Bonchev–Trinajstić information content (AvgIpc) is 2.52. The van der Waals surface area contributed by atoms with E-state index >= 15 is 0 Å². The van der Waals surface area contributed by atoms with Gasteiger partial charge in [-0.3, -0.25) is 0 Å². The Balaban J connectivity index is 2.69. The van der Waals surface area contributed by atoms with E-state index in [1.165, 1.54) is 0 Å². The summed E-state index contributed by atoms with van der Waals surface area (Å²) < 4.78 is 6.93. The van der Waals surface area contributed by atoms with Gasteiger partial charge in [0.2, 0.25) is 0 Å². The van der Waals surface area contributed by atoms with Crippen molar-refractivity contribution in [3.63, 3.8) is 0 Å². The molecule has 1 aromatic heterocycles. The number of methoxy groups -OCH3 is 1. The average molecular weight is 226 g/mol. The molecule has 0 aliphatic carbocycles. The number of aryl methyl sites for hydroxylation is 1. The van der Waals surface area contributed by atoms with Crippen LogP contribution >= 0.6 is 0 Å². The Morgan fingerprint density at radius 1 is 1.50 bits per heavy atom. The topological polar surface area (TPSA) is 65.1 Å². The van der Waals surface area contributed by atoms with Crippen LogP contribution in [0, 0.1) is 6.92 Å². The van der Waals surface area contributed by atoms with Crippen molar-refractivity contribution >= 4 is 11.5 Å². The van der Waals surface area contributed by atoms with Crippen molar-refractivity contribution in [2.45, 2.75) is 33.2 Å². The Morgan fingerprint density at radius 3 is 2.75 bits per heavy atom. The van der Waals surface area contributed by atoms with Crippen LogP contribution in [0.15, 0.2) is 0 Å². The second-order valence-electron chi connectivity index (χ2n) is 4.16. The lowest BCUT2D eigenvalue weighted by Crippen LogP contribution is -2.13. The highest BCUT2D eigenvalue weighted by molar-refractivity contribution is 5.64. The van der Waals surface area contributed by atoms with Crippen LogP contribution in [-0.2, 0) is 4.74 Å². The number of nitrogens with one attached hydrogen (secondary N) is 1. The van der Waals surface area contributed by atoms with E-state index in [1.807, 2.05) is 11.6 Å². The molecular formula is C11H22N4O. The maximum atomic E-state index is 5.98.